The Bertz CT molecular complexity index is 793. The first kappa shape index (κ1) is 18.3. The van der Waals surface area contributed by atoms with Crippen LogP contribution in [0.25, 0.3) is 0 Å². The maximum absolute atomic E-state index is 12.4. The van der Waals surface area contributed by atoms with Gasteiger partial charge in [-0.05, 0) is 49.6 Å². The van der Waals surface area contributed by atoms with Crippen LogP contribution in [0, 0.1) is 0 Å². The average molecular weight is 355 g/mol. The molecule has 1 aromatic heterocycles. The Labute approximate surface area is 153 Å². The molecule has 0 saturated heterocycles. The summed E-state index contributed by atoms with van der Waals surface area (Å²) in [6.07, 6.45) is 2.04. The second kappa shape index (κ2) is 7.37. The number of tetrazole rings is 1. The Morgan fingerprint density at radius 2 is 2.19 bits per heavy atom. The number of amides is 1. The van der Waals surface area contributed by atoms with Crippen molar-refractivity contribution in [1.29, 1.82) is 0 Å². The van der Waals surface area contributed by atoms with Crippen molar-refractivity contribution < 1.29 is 9.53 Å². The largest absolute Gasteiger partial charge is 0.371 e. The molecular weight excluding hydrogens is 330 g/mol. The highest BCUT2D eigenvalue weighted by molar-refractivity contribution is 5.86. The number of aromatic nitrogens is 4. The number of hydrogen-bond donors (Lipinski definition) is 0. The lowest BCUT2D eigenvalue weighted by molar-refractivity contribution is -0.129. The van der Waals surface area contributed by atoms with Crippen molar-refractivity contribution in [2.75, 3.05) is 13.2 Å². The lowest BCUT2D eigenvalue weighted by Crippen LogP contribution is -2.36. The average Bonchev–Trinajstić information content (AvgIpc) is 3.10. The van der Waals surface area contributed by atoms with Crippen molar-refractivity contribution in [3.8, 4) is 0 Å². The molecule has 1 atom stereocenters. The molecule has 1 aliphatic heterocycles. The molecule has 7 heteroatoms. The Morgan fingerprint density at radius 1 is 1.42 bits per heavy atom. The van der Waals surface area contributed by atoms with E-state index in [1.54, 1.807) is 9.70 Å². The molecule has 3 rings (SSSR count). The zero-order valence-electron chi connectivity index (χ0n) is 15.6. The first-order chi connectivity index (χ1) is 12.4. The van der Waals surface area contributed by atoms with Gasteiger partial charge in [-0.25, -0.2) is 0 Å². The minimum atomic E-state index is -0.260. The van der Waals surface area contributed by atoms with Gasteiger partial charge in [0.1, 0.15) is 6.10 Å². The van der Waals surface area contributed by atoms with Crippen molar-refractivity contribution in [3.63, 3.8) is 0 Å². The molecule has 7 nitrogen and oxygen atoms in total. The minimum Gasteiger partial charge on any atom is -0.371 e. The predicted octanol–water partition coefficient (Wildman–Crippen LogP) is 2.26. The van der Waals surface area contributed by atoms with Crippen LogP contribution >= 0.6 is 0 Å². The van der Waals surface area contributed by atoms with E-state index in [0.717, 1.165) is 12.0 Å². The second-order valence-electron chi connectivity index (χ2n) is 7.40. The third-order valence-corrected chi connectivity index (χ3v) is 4.35. The number of benzene rings is 1. The fourth-order valence-corrected chi connectivity index (χ4v) is 2.95. The Balaban J connectivity index is 1.78. The van der Waals surface area contributed by atoms with Gasteiger partial charge in [0.2, 0.25) is 5.91 Å². The van der Waals surface area contributed by atoms with Gasteiger partial charge in [0.15, 0.2) is 5.82 Å². The van der Waals surface area contributed by atoms with Crippen molar-refractivity contribution in [2.24, 2.45) is 0 Å². The summed E-state index contributed by atoms with van der Waals surface area (Å²) in [4.78, 5) is 15.6. The van der Waals surface area contributed by atoms with Crippen LogP contribution in [0.3, 0.4) is 0 Å². The predicted molar refractivity (Wildman–Crippen MR) is 97.3 cm³/mol. The van der Waals surface area contributed by atoms with Gasteiger partial charge in [-0.1, -0.05) is 30.8 Å². The molecule has 26 heavy (non-hydrogen) atoms. The highest BCUT2D eigenvalue weighted by atomic mass is 16.5. The summed E-state index contributed by atoms with van der Waals surface area (Å²) < 4.78 is 5.94. The molecule has 2 heterocycles. The van der Waals surface area contributed by atoms with Crippen molar-refractivity contribution in [2.45, 2.75) is 45.4 Å². The number of ether oxygens (including phenoxy) is 1. The van der Waals surface area contributed by atoms with Crippen LogP contribution in [0.2, 0.25) is 0 Å². The Kier molecular flexibility index (Phi) is 5.18. The summed E-state index contributed by atoms with van der Waals surface area (Å²) in [6.45, 7) is 10.9. The van der Waals surface area contributed by atoms with Gasteiger partial charge >= 0.3 is 0 Å². The van der Waals surface area contributed by atoms with E-state index in [1.165, 1.54) is 11.6 Å². The van der Waals surface area contributed by atoms with Gasteiger partial charge in [-0.15, -0.1) is 10.2 Å². The monoisotopic (exact) mass is 355 g/mol. The molecule has 138 valence electrons. The maximum Gasteiger partial charge on any atom is 0.246 e. The molecule has 0 bridgehead atoms. The van der Waals surface area contributed by atoms with Crippen molar-refractivity contribution in [1.82, 2.24) is 25.1 Å². The minimum absolute atomic E-state index is 0.165. The van der Waals surface area contributed by atoms with E-state index in [9.17, 15) is 4.79 Å². The fourth-order valence-electron chi connectivity index (χ4n) is 2.95. The van der Waals surface area contributed by atoms with Crippen molar-refractivity contribution in [3.05, 3.63) is 53.9 Å². The molecule has 0 aliphatic carbocycles. The van der Waals surface area contributed by atoms with Crippen LogP contribution in [0.1, 0.15) is 43.8 Å². The summed E-state index contributed by atoms with van der Waals surface area (Å²) in [5, 5.41) is 12.6. The molecule has 1 aromatic carbocycles. The number of carbonyl (C=O) groups excluding carboxylic acids is 1. The number of carbonyl (C=O) groups is 1. The lowest BCUT2D eigenvalue weighted by atomic mass is 9.97. The van der Waals surface area contributed by atoms with Gasteiger partial charge in [-0.2, -0.15) is 4.80 Å². The molecule has 1 amide bonds. The molecule has 0 fully saturated rings. The zero-order chi connectivity index (χ0) is 18.7. The topological polar surface area (TPSA) is 73.1 Å². The van der Waals surface area contributed by atoms with Crippen molar-refractivity contribution >= 4 is 5.91 Å². The SMILES string of the molecule is C=CC(=O)N(Cc1nnn(C(C)(C)C)n1)CC1OCCc2ccccc21. The summed E-state index contributed by atoms with van der Waals surface area (Å²) in [7, 11) is 0. The third kappa shape index (κ3) is 3.99. The Morgan fingerprint density at radius 3 is 2.88 bits per heavy atom. The molecule has 0 N–H and O–H groups in total. The molecule has 1 aliphatic rings. The third-order valence-electron chi connectivity index (χ3n) is 4.35. The Hall–Kier alpha value is -2.54. The van der Waals surface area contributed by atoms with Crippen LogP contribution in [0.15, 0.2) is 36.9 Å². The normalized spacial score (nSPS) is 16.8. The van der Waals surface area contributed by atoms with Crippen LogP contribution in [0.5, 0.6) is 0 Å². The maximum atomic E-state index is 12.4. The fraction of sp³-hybridized carbons (Fsp3) is 0.474. The standard InChI is InChI=1S/C19H25N5O2/c1-5-18(25)23(13-17-20-22-24(21-17)19(2,3)4)12-16-15-9-7-6-8-14(15)10-11-26-16/h5-9,16H,1,10-13H2,2-4H3. The quantitative estimate of drug-likeness (QED) is 0.769. The number of nitrogens with zero attached hydrogens (tertiary/aromatic N) is 5. The summed E-state index contributed by atoms with van der Waals surface area (Å²) >= 11 is 0. The molecule has 1 unspecified atom stereocenters. The van der Waals surface area contributed by atoms with E-state index < -0.39 is 0 Å². The van der Waals surface area contributed by atoms with Gasteiger partial charge in [0.25, 0.3) is 0 Å². The first-order valence-corrected chi connectivity index (χ1v) is 8.78. The highest BCUT2D eigenvalue weighted by Gasteiger charge is 2.26. The van der Waals surface area contributed by atoms with E-state index in [0.29, 0.717) is 19.0 Å². The van der Waals surface area contributed by atoms with E-state index in [2.05, 4.69) is 34.1 Å². The van der Waals surface area contributed by atoms with Crippen LogP contribution in [0.4, 0.5) is 0 Å². The second-order valence-corrected chi connectivity index (χ2v) is 7.40. The van der Waals surface area contributed by atoms with Gasteiger partial charge in [-0.3, -0.25) is 4.79 Å². The summed E-state index contributed by atoms with van der Waals surface area (Å²) in [5.41, 5.74) is 2.14. The van der Waals surface area contributed by atoms with Gasteiger partial charge in [0.05, 0.1) is 25.2 Å². The van der Waals surface area contributed by atoms with E-state index in [4.69, 9.17) is 4.74 Å². The molecular formula is C19H25N5O2. The molecule has 0 radical (unpaired) electrons. The lowest BCUT2D eigenvalue weighted by Gasteiger charge is -2.30. The van der Waals surface area contributed by atoms with Crippen LogP contribution in [-0.2, 0) is 28.0 Å². The van der Waals surface area contributed by atoms with Crippen LogP contribution in [-0.4, -0.2) is 44.2 Å². The zero-order valence-corrected chi connectivity index (χ0v) is 15.6. The number of fused-ring (bicyclic) bond motifs is 1. The van der Waals surface area contributed by atoms with Gasteiger partial charge in [0, 0.05) is 0 Å². The number of hydrogen-bond acceptors (Lipinski definition) is 5. The first-order valence-electron chi connectivity index (χ1n) is 8.78. The molecule has 0 saturated carbocycles. The number of rotatable bonds is 5. The van der Waals surface area contributed by atoms with E-state index in [-0.39, 0.29) is 24.1 Å². The smallest absolute Gasteiger partial charge is 0.246 e. The van der Waals surface area contributed by atoms with Gasteiger partial charge < -0.3 is 9.64 Å². The summed E-state index contributed by atoms with van der Waals surface area (Å²) in [5.74, 6) is 0.322. The summed E-state index contributed by atoms with van der Waals surface area (Å²) in [6, 6.07) is 8.20. The molecule has 0 spiro atoms. The highest BCUT2D eigenvalue weighted by Crippen LogP contribution is 2.28. The van der Waals surface area contributed by atoms with Crippen LogP contribution < -0.4 is 0 Å². The van der Waals surface area contributed by atoms with E-state index >= 15 is 0 Å². The molecule has 2 aromatic rings. The van der Waals surface area contributed by atoms with E-state index in [1.807, 2.05) is 32.9 Å².